The lowest BCUT2D eigenvalue weighted by Crippen LogP contribution is -2.43. The summed E-state index contributed by atoms with van der Waals surface area (Å²) in [5, 5.41) is 0. The Labute approximate surface area is 139 Å². The van der Waals surface area contributed by atoms with Gasteiger partial charge in [-0.1, -0.05) is 37.3 Å². The smallest absolute Gasteiger partial charge is 0.332 e. The minimum Gasteiger partial charge on any atom is -0.384 e. The van der Waals surface area contributed by atoms with E-state index in [9.17, 15) is 14.4 Å². The van der Waals surface area contributed by atoms with Gasteiger partial charge in [-0.3, -0.25) is 23.6 Å². The number of Topliss-reactive ketones (excluding diaryl/α,β-unsaturated/α-hetero) is 1. The van der Waals surface area contributed by atoms with Gasteiger partial charge in [-0.15, -0.1) is 0 Å². The van der Waals surface area contributed by atoms with Crippen molar-refractivity contribution in [2.75, 3.05) is 18.8 Å². The van der Waals surface area contributed by atoms with Crippen molar-refractivity contribution >= 4 is 11.6 Å². The van der Waals surface area contributed by atoms with Crippen LogP contribution in [0.15, 0.2) is 39.9 Å². The second-order valence-corrected chi connectivity index (χ2v) is 5.68. The molecule has 0 spiro atoms. The van der Waals surface area contributed by atoms with Crippen LogP contribution in [0.4, 0.5) is 5.82 Å². The Kier molecular flexibility index (Phi) is 5.35. The Morgan fingerprint density at radius 2 is 1.75 bits per heavy atom. The van der Waals surface area contributed by atoms with Gasteiger partial charge in [0.05, 0.1) is 6.54 Å². The van der Waals surface area contributed by atoms with Crippen LogP contribution in [0.25, 0.3) is 0 Å². The average Bonchev–Trinajstić information content (AvgIpc) is 2.58. The van der Waals surface area contributed by atoms with E-state index in [1.165, 1.54) is 14.1 Å². The Morgan fingerprint density at radius 1 is 1.12 bits per heavy atom. The number of carbonyl (C=O) groups is 1. The number of hydrogen-bond acceptors (Lipinski definition) is 5. The van der Waals surface area contributed by atoms with E-state index in [1.54, 1.807) is 0 Å². The predicted molar refractivity (Wildman–Crippen MR) is 93.1 cm³/mol. The minimum absolute atomic E-state index is 0.0586. The molecule has 0 aliphatic heterocycles. The number of hydrogen-bond donors (Lipinski definition) is 1. The molecule has 128 valence electrons. The van der Waals surface area contributed by atoms with E-state index in [4.69, 9.17) is 5.73 Å². The molecular formula is C17H22N4O3. The zero-order valence-corrected chi connectivity index (χ0v) is 14.2. The summed E-state index contributed by atoms with van der Waals surface area (Å²) in [6.07, 6.45) is 0. The first-order chi connectivity index (χ1) is 11.4. The van der Waals surface area contributed by atoms with Crippen molar-refractivity contribution < 1.29 is 4.79 Å². The van der Waals surface area contributed by atoms with Crippen LogP contribution in [0, 0.1) is 0 Å². The normalized spacial score (nSPS) is 11.0. The van der Waals surface area contributed by atoms with E-state index in [-0.39, 0.29) is 23.7 Å². The Hall–Kier alpha value is -2.67. The predicted octanol–water partition coefficient (Wildman–Crippen LogP) is 0.371. The second kappa shape index (κ2) is 7.27. The lowest BCUT2D eigenvalue weighted by atomic mass is 10.1. The number of carbonyl (C=O) groups excluding carboxylic acids is 1. The molecule has 2 aromatic rings. The van der Waals surface area contributed by atoms with E-state index in [1.807, 2.05) is 42.2 Å². The van der Waals surface area contributed by atoms with Crippen molar-refractivity contribution in [2.45, 2.75) is 13.5 Å². The zero-order chi connectivity index (χ0) is 17.9. The molecule has 2 rings (SSSR count). The molecule has 0 radical (unpaired) electrons. The minimum atomic E-state index is -0.656. The maximum atomic E-state index is 12.6. The lowest BCUT2D eigenvalue weighted by Gasteiger charge is -2.20. The molecule has 1 aromatic heterocycles. The molecule has 0 bridgehead atoms. The third kappa shape index (κ3) is 3.46. The van der Waals surface area contributed by atoms with Crippen molar-refractivity contribution in [3.63, 3.8) is 0 Å². The molecular weight excluding hydrogens is 308 g/mol. The van der Waals surface area contributed by atoms with Crippen molar-refractivity contribution in [3.05, 3.63) is 62.3 Å². The summed E-state index contributed by atoms with van der Waals surface area (Å²) in [7, 11) is 2.78. The fourth-order valence-electron chi connectivity index (χ4n) is 2.53. The third-order valence-electron chi connectivity index (χ3n) is 4.05. The number of nitrogen functional groups attached to an aromatic ring is 1. The van der Waals surface area contributed by atoms with Crippen LogP contribution in [-0.2, 0) is 20.6 Å². The zero-order valence-electron chi connectivity index (χ0n) is 14.2. The molecule has 0 fully saturated rings. The lowest BCUT2D eigenvalue weighted by molar-refractivity contribution is 0.0927. The maximum Gasteiger partial charge on any atom is 0.332 e. The fourth-order valence-corrected chi connectivity index (χ4v) is 2.53. The van der Waals surface area contributed by atoms with E-state index in [0.717, 1.165) is 14.7 Å². The summed E-state index contributed by atoms with van der Waals surface area (Å²) in [5.74, 6) is -0.481. The van der Waals surface area contributed by atoms with E-state index in [0.29, 0.717) is 13.1 Å². The van der Waals surface area contributed by atoms with E-state index in [2.05, 4.69) is 0 Å². The average molecular weight is 330 g/mol. The van der Waals surface area contributed by atoms with Crippen molar-refractivity contribution in [3.8, 4) is 0 Å². The SMILES string of the molecule is CCN(CC(=O)c1c(N)n(C)c(=O)n(C)c1=O)Cc1ccccc1. The molecule has 24 heavy (non-hydrogen) atoms. The number of ketones is 1. The Morgan fingerprint density at radius 3 is 2.33 bits per heavy atom. The second-order valence-electron chi connectivity index (χ2n) is 5.68. The highest BCUT2D eigenvalue weighted by Gasteiger charge is 2.21. The van der Waals surface area contributed by atoms with Crippen LogP contribution in [0.1, 0.15) is 22.8 Å². The molecule has 7 heteroatoms. The molecule has 0 aliphatic carbocycles. The monoisotopic (exact) mass is 330 g/mol. The van der Waals surface area contributed by atoms with Crippen LogP contribution >= 0.6 is 0 Å². The Bertz CT molecular complexity index is 853. The molecule has 7 nitrogen and oxygen atoms in total. The molecule has 0 atom stereocenters. The van der Waals surface area contributed by atoms with E-state index >= 15 is 0 Å². The van der Waals surface area contributed by atoms with Crippen LogP contribution < -0.4 is 17.0 Å². The quantitative estimate of drug-likeness (QED) is 0.773. The third-order valence-corrected chi connectivity index (χ3v) is 4.05. The number of likely N-dealkylation sites (N-methyl/N-ethyl adjacent to an activating group) is 1. The summed E-state index contributed by atoms with van der Waals surface area (Å²) in [4.78, 5) is 38.6. The largest absolute Gasteiger partial charge is 0.384 e. The highest BCUT2D eigenvalue weighted by Crippen LogP contribution is 2.08. The molecule has 0 unspecified atom stereocenters. The number of rotatable bonds is 6. The van der Waals surface area contributed by atoms with Gasteiger partial charge in [0.15, 0.2) is 5.78 Å². The van der Waals surface area contributed by atoms with Crippen LogP contribution in [0.5, 0.6) is 0 Å². The van der Waals surface area contributed by atoms with Crippen LogP contribution in [-0.4, -0.2) is 32.9 Å². The van der Waals surface area contributed by atoms with Crippen LogP contribution in [0.2, 0.25) is 0 Å². The summed E-state index contributed by atoms with van der Waals surface area (Å²) >= 11 is 0. The van der Waals surface area contributed by atoms with Crippen molar-refractivity contribution in [2.24, 2.45) is 14.1 Å². The maximum absolute atomic E-state index is 12.6. The number of benzene rings is 1. The van der Waals surface area contributed by atoms with Crippen molar-refractivity contribution in [1.29, 1.82) is 0 Å². The summed E-state index contributed by atoms with van der Waals surface area (Å²) < 4.78 is 2.01. The molecule has 1 heterocycles. The summed E-state index contributed by atoms with van der Waals surface area (Å²) in [5.41, 5.74) is 5.57. The summed E-state index contributed by atoms with van der Waals surface area (Å²) in [6, 6.07) is 9.76. The van der Waals surface area contributed by atoms with Gasteiger partial charge in [0, 0.05) is 20.6 Å². The van der Waals surface area contributed by atoms with Gasteiger partial charge in [0.25, 0.3) is 5.56 Å². The molecule has 2 N–H and O–H groups in total. The number of nitrogens with zero attached hydrogens (tertiary/aromatic N) is 3. The van der Waals surface area contributed by atoms with Crippen LogP contribution in [0.3, 0.4) is 0 Å². The molecule has 0 saturated carbocycles. The van der Waals surface area contributed by atoms with Gasteiger partial charge >= 0.3 is 5.69 Å². The number of anilines is 1. The highest BCUT2D eigenvalue weighted by atomic mass is 16.2. The van der Waals surface area contributed by atoms with Gasteiger partial charge in [-0.25, -0.2) is 4.79 Å². The highest BCUT2D eigenvalue weighted by molar-refractivity contribution is 6.01. The fraction of sp³-hybridized carbons (Fsp3) is 0.353. The van der Waals surface area contributed by atoms with Gasteiger partial charge in [0.2, 0.25) is 0 Å². The van der Waals surface area contributed by atoms with Gasteiger partial charge in [-0.05, 0) is 12.1 Å². The van der Waals surface area contributed by atoms with Gasteiger partial charge in [-0.2, -0.15) is 0 Å². The standard InChI is InChI=1S/C17H22N4O3/c1-4-21(10-12-8-6-5-7-9-12)11-13(22)14-15(18)19(2)17(24)20(3)16(14)23/h5-9H,4,10-11,18H2,1-3H3. The number of nitrogens with two attached hydrogens (primary N) is 1. The first-order valence-electron chi connectivity index (χ1n) is 7.71. The summed E-state index contributed by atoms with van der Waals surface area (Å²) in [6.45, 7) is 3.24. The van der Waals surface area contributed by atoms with E-state index < -0.39 is 11.2 Å². The van der Waals surface area contributed by atoms with Crippen molar-refractivity contribution in [1.82, 2.24) is 14.0 Å². The molecule has 0 aliphatic rings. The Balaban J connectivity index is 2.29. The topological polar surface area (TPSA) is 90.3 Å². The first kappa shape index (κ1) is 17.7. The molecule has 1 aromatic carbocycles. The van der Waals surface area contributed by atoms with Gasteiger partial charge < -0.3 is 5.73 Å². The van der Waals surface area contributed by atoms with Gasteiger partial charge in [0.1, 0.15) is 11.4 Å². The molecule has 0 amide bonds. The number of aromatic nitrogens is 2. The molecule has 0 saturated heterocycles. The first-order valence-corrected chi connectivity index (χ1v) is 7.71.